The molecule has 31 heavy (non-hydrogen) atoms. The number of ether oxygens (including phenoxy) is 1. The zero-order valence-corrected chi connectivity index (χ0v) is 18.4. The topological polar surface area (TPSA) is 99.9 Å². The van der Waals surface area contributed by atoms with Crippen molar-refractivity contribution < 1.29 is 9.84 Å². The van der Waals surface area contributed by atoms with Crippen LogP contribution in [-0.4, -0.2) is 47.2 Å². The van der Waals surface area contributed by atoms with Crippen LogP contribution in [0.5, 0.6) is 5.88 Å². The number of nitrogens with one attached hydrogen (secondary N) is 1. The highest BCUT2D eigenvalue weighted by Gasteiger charge is 2.16. The molecule has 0 unspecified atom stereocenters. The maximum Gasteiger partial charge on any atom is 0.335 e. The van der Waals surface area contributed by atoms with E-state index < -0.39 is 17.1 Å². The summed E-state index contributed by atoms with van der Waals surface area (Å²) < 4.78 is 7.31. The van der Waals surface area contributed by atoms with Crippen molar-refractivity contribution in [3.8, 4) is 11.6 Å². The van der Waals surface area contributed by atoms with Crippen LogP contribution in [-0.2, 0) is 4.74 Å². The minimum Gasteiger partial charge on any atom is -0.493 e. The molecule has 0 atom stereocenters. The fourth-order valence-electron chi connectivity index (χ4n) is 3.44. The molecule has 1 aromatic heterocycles. The van der Waals surface area contributed by atoms with E-state index in [0.717, 1.165) is 33.4 Å². The molecular weight excluding hydrogens is 464 g/mol. The highest BCUT2D eigenvalue weighted by Crippen LogP contribution is 2.31. The van der Waals surface area contributed by atoms with Gasteiger partial charge in [-0.05, 0) is 58.7 Å². The maximum absolute atomic E-state index is 12.3. The number of H-pyrrole nitrogens is 1. The Morgan fingerprint density at radius 3 is 2.65 bits per heavy atom. The average Bonchev–Trinajstić information content (AvgIpc) is 2.74. The third kappa shape index (κ3) is 4.47. The molecule has 4 rings (SSSR count). The lowest BCUT2D eigenvalue weighted by atomic mass is 10.2. The molecule has 0 saturated carbocycles. The summed E-state index contributed by atoms with van der Waals surface area (Å²) >= 11 is 3.58. The minimum absolute atomic E-state index is 0.102. The van der Waals surface area contributed by atoms with Crippen LogP contribution in [0.4, 0.5) is 11.4 Å². The van der Waals surface area contributed by atoms with Gasteiger partial charge in [0.25, 0.3) is 5.56 Å². The molecule has 0 radical (unpaired) electrons. The smallest absolute Gasteiger partial charge is 0.335 e. The predicted molar refractivity (Wildman–Crippen MR) is 123 cm³/mol. The summed E-state index contributed by atoms with van der Waals surface area (Å²) in [6.07, 6.45) is 1.26. The number of aliphatic imine (C=N–C) groups is 1. The van der Waals surface area contributed by atoms with E-state index in [1.165, 1.54) is 6.21 Å². The van der Waals surface area contributed by atoms with E-state index in [9.17, 15) is 14.7 Å². The Morgan fingerprint density at radius 1 is 1.16 bits per heavy atom. The largest absolute Gasteiger partial charge is 0.493 e. The van der Waals surface area contributed by atoms with Gasteiger partial charge < -0.3 is 14.7 Å². The van der Waals surface area contributed by atoms with Crippen LogP contribution in [0.25, 0.3) is 5.69 Å². The fraction of sp³-hybridized carbons (Fsp3) is 0.227. The van der Waals surface area contributed by atoms with Gasteiger partial charge in [0.15, 0.2) is 0 Å². The summed E-state index contributed by atoms with van der Waals surface area (Å²) in [4.78, 5) is 33.4. The second kappa shape index (κ2) is 8.91. The number of hydrogen-bond acceptors (Lipinski definition) is 6. The number of anilines is 1. The maximum atomic E-state index is 12.3. The number of aromatic nitrogens is 2. The lowest BCUT2D eigenvalue weighted by Crippen LogP contribution is -2.36. The van der Waals surface area contributed by atoms with Crippen LogP contribution < -0.4 is 16.1 Å². The molecule has 0 aliphatic carbocycles. The van der Waals surface area contributed by atoms with Gasteiger partial charge >= 0.3 is 5.69 Å². The monoisotopic (exact) mass is 484 g/mol. The zero-order valence-electron chi connectivity index (χ0n) is 16.8. The van der Waals surface area contributed by atoms with Crippen molar-refractivity contribution in [3.63, 3.8) is 0 Å². The van der Waals surface area contributed by atoms with Gasteiger partial charge in [-0.3, -0.25) is 14.8 Å². The quantitative estimate of drug-likeness (QED) is 0.554. The summed E-state index contributed by atoms with van der Waals surface area (Å²) in [6, 6.07) is 12.7. The first-order valence-electron chi connectivity index (χ1n) is 9.75. The van der Waals surface area contributed by atoms with Gasteiger partial charge in [-0.2, -0.15) is 0 Å². The van der Waals surface area contributed by atoms with Crippen molar-refractivity contribution in [3.05, 3.63) is 78.9 Å². The van der Waals surface area contributed by atoms with E-state index in [1.807, 2.05) is 31.2 Å². The first-order chi connectivity index (χ1) is 14.9. The van der Waals surface area contributed by atoms with Crippen LogP contribution >= 0.6 is 15.9 Å². The molecule has 1 saturated heterocycles. The Labute approximate surface area is 186 Å². The Hall–Kier alpha value is -3.17. The van der Waals surface area contributed by atoms with Crippen molar-refractivity contribution in [2.75, 3.05) is 31.2 Å². The van der Waals surface area contributed by atoms with Crippen molar-refractivity contribution in [2.45, 2.75) is 6.92 Å². The molecule has 9 heteroatoms. The molecule has 3 aromatic rings. The molecule has 1 aliphatic rings. The minimum atomic E-state index is -0.720. The summed E-state index contributed by atoms with van der Waals surface area (Å²) in [5, 5.41) is 10.7. The summed E-state index contributed by atoms with van der Waals surface area (Å²) in [5.74, 6) is -0.466. The van der Waals surface area contributed by atoms with Crippen molar-refractivity contribution >= 4 is 33.5 Å². The van der Waals surface area contributed by atoms with E-state index in [4.69, 9.17) is 4.74 Å². The summed E-state index contributed by atoms with van der Waals surface area (Å²) in [7, 11) is 0. The van der Waals surface area contributed by atoms with E-state index >= 15 is 0 Å². The van der Waals surface area contributed by atoms with Gasteiger partial charge in [-0.25, -0.2) is 9.36 Å². The van der Waals surface area contributed by atoms with E-state index in [0.29, 0.717) is 24.6 Å². The molecule has 2 N–H and O–H groups in total. The second-order valence-corrected chi connectivity index (χ2v) is 8.02. The molecule has 1 fully saturated rings. The normalized spacial score (nSPS) is 14.3. The van der Waals surface area contributed by atoms with Crippen molar-refractivity contribution in [1.82, 2.24) is 9.55 Å². The highest BCUT2D eigenvalue weighted by molar-refractivity contribution is 9.10. The number of aryl methyl sites for hydroxylation is 1. The number of aromatic hydroxyl groups is 1. The molecule has 0 amide bonds. The molecule has 0 spiro atoms. The number of aromatic amines is 1. The molecule has 160 valence electrons. The Bertz CT molecular complexity index is 1260. The van der Waals surface area contributed by atoms with E-state index in [1.54, 1.807) is 18.2 Å². The van der Waals surface area contributed by atoms with Crippen LogP contribution in [0.15, 0.2) is 61.5 Å². The molecule has 1 aliphatic heterocycles. The standard InChI is InChI=1S/C22H21BrN4O4/c1-14-3-2-4-16(11-14)27-21(29)17(20(28)25-22(27)30)13-24-15-5-6-19(18(23)12-15)26-7-9-31-10-8-26/h2-6,11-13,29H,7-10H2,1H3,(H,25,28,30). The lowest BCUT2D eigenvalue weighted by Gasteiger charge is -2.29. The number of morpholine rings is 1. The number of rotatable bonds is 4. The average molecular weight is 485 g/mol. The van der Waals surface area contributed by atoms with E-state index in [-0.39, 0.29) is 5.56 Å². The first-order valence-corrected chi connectivity index (χ1v) is 10.5. The van der Waals surface area contributed by atoms with Crippen LogP contribution in [0.2, 0.25) is 0 Å². The highest BCUT2D eigenvalue weighted by atomic mass is 79.9. The molecule has 0 bridgehead atoms. The van der Waals surface area contributed by atoms with Gasteiger partial charge in [-0.15, -0.1) is 0 Å². The first kappa shape index (κ1) is 21.1. The molecule has 2 heterocycles. The van der Waals surface area contributed by atoms with Crippen molar-refractivity contribution in [2.24, 2.45) is 4.99 Å². The molecule has 2 aromatic carbocycles. The van der Waals surface area contributed by atoms with Gasteiger partial charge in [0.1, 0.15) is 5.56 Å². The lowest BCUT2D eigenvalue weighted by molar-refractivity contribution is 0.122. The van der Waals surface area contributed by atoms with Crippen LogP contribution in [0, 0.1) is 6.92 Å². The molecular formula is C22H21BrN4O4. The fourth-order valence-corrected chi connectivity index (χ4v) is 4.05. The number of benzene rings is 2. The zero-order chi connectivity index (χ0) is 22.0. The van der Waals surface area contributed by atoms with Crippen LogP contribution in [0.3, 0.4) is 0 Å². The summed E-state index contributed by atoms with van der Waals surface area (Å²) in [6.45, 7) is 4.87. The Balaban J connectivity index is 1.68. The van der Waals surface area contributed by atoms with Crippen LogP contribution in [0.1, 0.15) is 11.1 Å². The number of nitrogens with zero attached hydrogens (tertiary/aromatic N) is 3. The van der Waals surface area contributed by atoms with Gasteiger partial charge in [0, 0.05) is 23.8 Å². The summed E-state index contributed by atoms with van der Waals surface area (Å²) in [5.41, 5.74) is 1.46. The Morgan fingerprint density at radius 2 is 1.94 bits per heavy atom. The second-order valence-electron chi connectivity index (χ2n) is 7.16. The number of hydrogen-bond donors (Lipinski definition) is 2. The Kier molecular flexibility index (Phi) is 6.06. The van der Waals surface area contributed by atoms with Gasteiger partial charge in [0.05, 0.1) is 30.3 Å². The third-order valence-corrected chi connectivity index (χ3v) is 5.64. The number of halogens is 1. The van der Waals surface area contributed by atoms with E-state index in [2.05, 4.69) is 30.8 Å². The van der Waals surface area contributed by atoms with Gasteiger partial charge in [-0.1, -0.05) is 12.1 Å². The predicted octanol–water partition coefficient (Wildman–Crippen LogP) is 2.89. The van der Waals surface area contributed by atoms with Crippen molar-refractivity contribution in [1.29, 1.82) is 0 Å². The SMILES string of the molecule is Cc1cccc(-n2c(O)c(C=Nc3ccc(N4CCOCC4)c(Br)c3)c(=O)[nH]c2=O)c1. The molecule has 8 nitrogen and oxygen atoms in total. The van der Waals surface area contributed by atoms with Gasteiger partial charge in [0.2, 0.25) is 5.88 Å². The third-order valence-electron chi connectivity index (χ3n) is 5.01.